The Morgan fingerprint density at radius 3 is 2.47 bits per heavy atom. The zero-order chi connectivity index (χ0) is 27.4. The standard InChI is InChI=1S/C30H31ClN2O5/c1-18(2)25-12-5-19(3)13-27(25)38-24-10-8-23(9-11-24)33-16-21(14-29(33)35)30(36)37-17-28(34)32-22-7-6-20(4)26(31)15-22/h5-13,15,18,21H,14,16-17H2,1-4H3,(H,32,34)/t21-/m1/s1. The lowest BCUT2D eigenvalue weighted by molar-refractivity contribution is -0.151. The van der Waals surface area contributed by atoms with Gasteiger partial charge in [-0.25, -0.2) is 0 Å². The molecule has 1 saturated heterocycles. The Kier molecular flexibility index (Phi) is 8.37. The molecule has 0 bridgehead atoms. The summed E-state index contributed by atoms with van der Waals surface area (Å²) >= 11 is 6.08. The summed E-state index contributed by atoms with van der Waals surface area (Å²) in [5, 5.41) is 3.17. The van der Waals surface area contributed by atoms with Gasteiger partial charge in [-0.1, -0.05) is 43.6 Å². The number of nitrogens with zero attached hydrogens (tertiary/aromatic N) is 1. The van der Waals surface area contributed by atoms with Crippen molar-refractivity contribution in [3.05, 3.63) is 82.4 Å². The van der Waals surface area contributed by atoms with Gasteiger partial charge in [0.1, 0.15) is 11.5 Å². The second-order valence-electron chi connectivity index (χ2n) is 9.82. The third kappa shape index (κ3) is 6.53. The highest BCUT2D eigenvalue weighted by molar-refractivity contribution is 6.31. The number of aryl methyl sites for hydroxylation is 2. The van der Waals surface area contributed by atoms with Crippen LogP contribution in [0.2, 0.25) is 5.02 Å². The van der Waals surface area contributed by atoms with Crippen LogP contribution in [0.25, 0.3) is 0 Å². The predicted molar refractivity (Wildman–Crippen MR) is 148 cm³/mol. The molecule has 1 atom stereocenters. The average molecular weight is 535 g/mol. The molecule has 2 amide bonds. The number of nitrogens with one attached hydrogen (secondary N) is 1. The summed E-state index contributed by atoms with van der Waals surface area (Å²) < 4.78 is 11.3. The van der Waals surface area contributed by atoms with Crippen LogP contribution in [-0.2, 0) is 19.1 Å². The summed E-state index contributed by atoms with van der Waals surface area (Å²) in [6.45, 7) is 7.85. The highest BCUT2D eigenvalue weighted by Crippen LogP contribution is 2.33. The molecule has 198 valence electrons. The molecule has 1 aliphatic heterocycles. The molecule has 1 heterocycles. The number of benzene rings is 3. The smallest absolute Gasteiger partial charge is 0.311 e. The van der Waals surface area contributed by atoms with Crippen molar-refractivity contribution in [1.82, 2.24) is 0 Å². The number of hydrogen-bond acceptors (Lipinski definition) is 5. The van der Waals surface area contributed by atoms with Gasteiger partial charge in [-0.3, -0.25) is 14.4 Å². The van der Waals surface area contributed by atoms with Gasteiger partial charge in [-0.15, -0.1) is 0 Å². The maximum atomic E-state index is 12.7. The molecule has 1 fully saturated rings. The van der Waals surface area contributed by atoms with E-state index in [1.165, 1.54) is 0 Å². The van der Waals surface area contributed by atoms with E-state index in [-0.39, 0.29) is 18.9 Å². The molecule has 1 aliphatic rings. The van der Waals surface area contributed by atoms with Crippen molar-refractivity contribution in [2.45, 2.75) is 40.0 Å². The van der Waals surface area contributed by atoms with Crippen LogP contribution in [-0.4, -0.2) is 30.9 Å². The minimum Gasteiger partial charge on any atom is -0.457 e. The van der Waals surface area contributed by atoms with E-state index in [0.29, 0.717) is 28.1 Å². The molecule has 3 aromatic rings. The van der Waals surface area contributed by atoms with Gasteiger partial charge in [0.05, 0.1) is 5.92 Å². The topological polar surface area (TPSA) is 84.9 Å². The number of rotatable bonds is 8. The number of amides is 2. The van der Waals surface area contributed by atoms with Crippen LogP contribution in [0.5, 0.6) is 11.5 Å². The Labute approximate surface area is 227 Å². The lowest BCUT2D eigenvalue weighted by Crippen LogP contribution is -2.28. The summed E-state index contributed by atoms with van der Waals surface area (Å²) in [5.41, 5.74) is 4.30. The maximum absolute atomic E-state index is 12.7. The number of hydrogen-bond donors (Lipinski definition) is 1. The van der Waals surface area contributed by atoms with Crippen LogP contribution in [0.4, 0.5) is 11.4 Å². The molecular weight excluding hydrogens is 504 g/mol. The molecule has 1 N–H and O–H groups in total. The minimum atomic E-state index is -0.652. The van der Waals surface area contributed by atoms with Crippen LogP contribution in [0.3, 0.4) is 0 Å². The van der Waals surface area contributed by atoms with Gasteiger partial charge in [0.2, 0.25) is 5.91 Å². The molecule has 0 spiro atoms. The first-order valence-electron chi connectivity index (χ1n) is 12.5. The molecule has 4 rings (SSSR count). The first-order valence-corrected chi connectivity index (χ1v) is 12.9. The van der Waals surface area contributed by atoms with Crippen molar-refractivity contribution in [2.24, 2.45) is 5.92 Å². The van der Waals surface area contributed by atoms with E-state index in [1.54, 1.807) is 35.2 Å². The second-order valence-corrected chi connectivity index (χ2v) is 10.2. The number of ether oxygens (including phenoxy) is 2. The number of esters is 1. The Morgan fingerprint density at radius 1 is 1.05 bits per heavy atom. The van der Waals surface area contributed by atoms with Crippen molar-refractivity contribution >= 4 is 40.8 Å². The molecular formula is C30H31ClN2O5. The zero-order valence-corrected chi connectivity index (χ0v) is 22.7. The Hall–Kier alpha value is -3.84. The largest absolute Gasteiger partial charge is 0.457 e. The quantitative estimate of drug-likeness (QED) is 0.338. The lowest BCUT2D eigenvalue weighted by atomic mass is 10.0. The maximum Gasteiger partial charge on any atom is 0.311 e. The van der Waals surface area contributed by atoms with E-state index in [4.69, 9.17) is 21.1 Å². The fraction of sp³-hybridized carbons (Fsp3) is 0.300. The van der Waals surface area contributed by atoms with Gasteiger partial charge in [0.15, 0.2) is 6.61 Å². The first kappa shape index (κ1) is 27.2. The van der Waals surface area contributed by atoms with Gasteiger partial charge in [0, 0.05) is 29.4 Å². The van der Waals surface area contributed by atoms with Crippen molar-refractivity contribution in [3.8, 4) is 11.5 Å². The summed E-state index contributed by atoms with van der Waals surface area (Å²) in [6, 6.07) is 18.5. The fourth-order valence-corrected chi connectivity index (χ4v) is 4.45. The number of anilines is 2. The SMILES string of the molecule is Cc1ccc(C(C)C)c(Oc2ccc(N3C[C@H](C(=O)OCC(=O)Nc4ccc(C)c(Cl)c4)CC3=O)cc2)c1. The van der Waals surface area contributed by atoms with E-state index in [2.05, 4.69) is 31.3 Å². The summed E-state index contributed by atoms with van der Waals surface area (Å²) in [4.78, 5) is 39.0. The Bertz CT molecular complexity index is 1350. The molecule has 0 radical (unpaired) electrons. The summed E-state index contributed by atoms with van der Waals surface area (Å²) in [6.07, 6.45) is 0.0211. The number of carbonyl (C=O) groups excluding carboxylic acids is 3. The summed E-state index contributed by atoms with van der Waals surface area (Å²) in [5.74, 6) is -0.119. The van der Waals surface area contributed by atoms with E-state index in [0.717, 1.165) is 22.4 Å². The molecule has 0 aromatic heterocycles. The molecule has 8 heteroatoms. The van der Waals surface area contributed by atoms with Crippen LogP contribution < -0.4 is 15.0 Å². The molecule has 0 saturated carbocycles. The van der Waals surface area contributed by atoms with Gasteiger partial charge in [-0.2, -0.15) is 0 Å². The number of halogens is 1. The predicted octanol–water partition coefficient (Wildman–Crippen LogP) is 6.41. The average Bonchev–Trinajstić information content (AvgIpc) is 3.27. The third-order valence-corrected chi connectivity index (χ3v) is 6.83. The molecule has 0 aliphatic carbocycles. The zero-order valence-electron chi connectivity index (χ0n) is 21.9. The van der Waals surface area contributed by atoms with Crippen LogP contribution in [0.15, 0.2) is 60.7 Å². The Morgan fingerprint density at radius 2 is 1.79 bits per heavy atom. The van der Waals surface area contributed by atoms with Crippen LogP contribution in [0, 0.1) is 19.8 Å². The second kappa shape index (κ2) is 11.7. The first-order chi connectivity index (χ1) is 18.1. The highest BCUT2D eigenvalue weighted by Gasteiger charge is 2.36. The van der Waals surface area contributed by atoms with Crippen molar-refractivity contribution in [2.75, 3.05) is 23.4 Å². The minimum absolute atomic E-state index is 0.0211. The van der Waals surface area contributed by atoms with Gasteiger partial charge < -0.3 is 19.7 Å². The van der Waals surface area contributed by atoms with Crippen molar-refractivity contribution in [3.63, 3.8) is 0 Å². The van der Waals surface area contributed by atoms with Gasteiger partial charge >= 0.3 is 5.97 Å². The normalized spacial score (nSPS) is 15.1. The van der Waals surface area contributed by atoms with Crippen LogP contribution in [0.1, 0.15) is 42.9 Å². The highest BCUT2D eigenvalue weighted by atomic mass is 35.5. The number of carbonyl (C=O) groups is 3. The van der Waals surface area contributed by atoms with E-state index in [1.807, 2.05) is 32.0 Å². The third-order valence-electron chi connectivity index (χ3n) is 6.43. The molecule has 3 aromatic carbocycles. The molecule has 7 nitrogen and oxygen atoms in total. The van der Waals surface area contributed by atoms with Crippen molar-refractivity contribution in [1.29, 1.82) is 0 Å². The monoisotopic (exact) mass is 534 g/mol. The van der Waals surface area contributed by atoms with Crippen molar-refractivity contribution < 1.29 is 23.9 Å². The fourth-order valence-electron chi connectivity index (χ4n) is 4.27. The van der Waals surface area contributed by atoms with Gasteiger partial charge in [-0.05, 0) is 78.9 Å². The summed E-state index contributed by atoms with van der Waals surface area (Å²) in [7, 11) is 0. The van der Waals surface area contributed by atoms with E-state index < -0.39 is 24.4 Å². The van der Waals surface area contributed by atoms with Gasteiger partial charge in [0.25, 0.3) is 5.91 Å². The Balaban J connectivity index is 1.32. The van der Waals surface area contributed by atoms with E-state index >= 15 is 0 Å². The molecule has 38 heavy (non-hydrogen) atoms. The van der Waals surface area contributed by atoms with E-state index in [9.17, 15) is 14.4 Å². The molecule has 0 unspecified atom stereocenters. The van der Waals surface area contributed by atoms with Crippen LogP contribution >= 0.6 is 11.6 Å². The lowest BCUT2D eigenvalue weighted by Gasteiger charge is -2.18.